The first-order valence-corrected chi connectivity index (χ1v) is 9.26. The summed E-state index contributed by atoms with van der Waals surface area (Å²) in [5, 5.41) is 7.49. The molecule has 0 radical (unpaired) electrons. The van der Waals surface area contributed by atoms with Gasteiger partial charge in [-0.15, -0.1) is 0 Å². The van der Waals surface area contributed by atoms with Gasteiger partial charge in [0.1, 0.15) is 11.5 Å². The Hall–Kier alpha value is -2.90. The predicted molar refractivity (Wildman–Crippen MR) is 105 cm³/mol. The van der Waals surface area contributed by atoms with E-state index in [-0.39, 0.29) is 40.4 Å². The summed E-state index contributed by atoms with van der Waals surface area (Å²) in [6, 6.07) is 7.64. The van der Waals surface area contributed by atoms with Crippen molar-refractivity contribution in [3.63, 3.8) is 0 Å². The minimum Gasteiger partial charge on any atom is -0.478 e. The zero-order valence-electron chi connectivity index (χ0n) is 15.2. The second kappa shape index (κ2) is 10.0. The average Bonchev–Trinajstić information content (AvgIpc) is 2.67. The molecular weight excluding hydrogens is 423 g/mol. The highest BCUT2D eigenvalue weighted by Crippen LogP contribution is 2.28. The quantitative estimate of drug-likeness (QED) is 0.337. The predicted octanol–water partition coefficient (Wildman–Crippen LogP) is 4.89. The van der Waals surface area contributed by atoms with Gasteiger partial charge in [0.2, 0.25) is 0 Å². The lowest BCUT2D eigenvalue weighted by molar-refractivity contribution is 0.0496. The third kappa shape index (κ3) is 5.79. The van der Waals surface area contributed by atoms with E-state index in [1.54, 1.807) is 0 Å². The van der Waals surface area contributed by atoms with Crippen LogP contribution in [-0.4, -0.2) is 34.1 Å². The van der Waals surface area contributed by atoms with Crippen molar-refractivity contribution in [1.29, 1.82) is 0 Å². The molecule has 0 aliphatic heterocycles. The summed E-state index contributed by atoms with van der Waals surface area (Å²) in [5.41, 5.74) is -0.650. The summed E-state index contributed by atoms with van der Waals surface area (Å²) < 4.78 is 10.7. The van der Waals surface area contributed by atoms with Gasteiger partial charge in [-0.2, -0.15) is 0 Å². The number of carbonyl (C=O) groups is 4. The molecule has 0 saturated heterocycles. The van der Waals surface area contributed by atoms with Gasteiger partial charge < -0.3 is 14.6 Å². The molecule has 0 aliphatic carbocycles. The standard InChI is InChI=1S/C20H16Cl2O7/c1-2-3-8-28-20(27)16-10-12(5-7-14(16)18(22)24)29-11-4-6-13(17(21)23)15(9-11)19(25)26/h4-7,9-10H,2-3,8H2,1H3,(H,25,26). The average molecular weight is 439 g/mol. The van der Waals surface area contributed by atoms with Gasteiger partial charge in [0.25, 0.3) is 10.5 Å². The molecule has 2 aromatic rings. The zero-order valence-corrected chi connectivity index (χ0v) is 16.7. The maximum atomic E-state index is 12.3. The molecule has 0 bridgehead atoms. The number of rotatable bonds is 9. The summed E-state index contributed by atoms with van der Waals surface area (Å²) in [7, 11) is 0. The molecule has 0 unspecified atom stereocenters. The van der Waals surface area contributed by atoms with E-state index >= 15 is 0 Å². The van der Waals surface area contributed by atoms with Crippen LogP contribution in [0.4, 0.5) is 0 Å². The highest BCUT2D eigenvalue weighted by atomic mass is 35.5. The zero-order chi connectivity index (χ0) is 21.6. The molecular formula is C20H16Cl2O7. The highest BCUT2D eigenvalue weighted by molar-refractivity contribution is 6.68. The Morgan fingerprint density at radius 1 is 0.862 bits per heavy atom. The first kappa shape index (κ1) is 22.4. The maximum absolute atomic E-state index is 12.3. The van der Waals surface area contributed by atoms with Crippen LogP contribution in [0.3, 0.4) is 0 Å². The first-order chi connectivity index (χ1) is 13.7. The fourth-order valence-electron chi connectivity index (χ4n) is 2.39. The number of carboxylic acids is 1. The van der Waals surface area contributed by atoms with Gasteiger partial charge >= 0.3 is 11.9 Å². The molecule has 0 aliphatic rings. The van der Waals surface area contributed by atoms with Crippen LogP contribution in [0.15, 0.2) is 36.4 Å². The Labute approximate surface area is 176 Å². The van der Waals surface area contributed by atoms with Crippen molar-refractivity contribution in [2.24, 2.45) is 0 Å². The van der Waals surface area contributed by atoms with Crippen LogP contribution < -0.4 is 4.74 Å². The van der Waals surface area contributed by atoms with Gasteiger partial charge in [-0.05, 0) is 66.0 Å². The van der Waals surface area contributed by atoms with E-state index in [1.807, 2.05) is 6.92 Å². The number of aromatic carboxylic acids is 1. The van der Waals surface area contributed by atoms with Crippen LogP contribution in [0.1, 0.15) is 61.2 Å². The number of carbonyl (C=O) groups excluding carboxylic acids is 3. The van der Waals surface area contributed by atoms with Crippen LogP contribution in [0, 0.1) is 0 Å². The first-order valence-electron chi connectivity index (χ1n) is 8.50. The van der Waals surface area contributed by atoms with Gasteiger partial charge in [-0.3, -0.25) is 9.59 Å². The molecule has 2 aromatic carbocycles. The summed E-state index contributed by atoms with van der Waals surface area (Å²) in [4.78, 5) is 46.6. The van der Waals surface area contributed by atoms with Crippen LogP contribution in [-0.2, 0) is 4.74 Å². The topological polar surface area (TPSA) is 107 Å². The minimum atomic E-state index is -1.36. The number of esters is 1. The van der Waals surface area contributed by atoms with Crippen molar-refractivity contribution in [1.82, 2.24) is 0 Å². The van der Waals surface area contributed by atoms with E-state index < -0.39 is 22.4 Å². The smallest absolute Gasteiger partial charge is 0.339 e. The van der Waals surface area contributed by atoms with Crippen molar-refractivity contribution in [3.8, 4) is 11.5 Å². The largest absolute Gasteiger partial charge is 0.478 e. The SMILES string of the molecule is CCCCOC(=O)c1cc(Oc2ccc(C(=O)Cl)c(C(=O)O)c2)ccc1C(=O)Cl. The van der Waals surface area contributed by atoms with Gasteiger partial charge in [0, 0.05) is 11.1 Å². The number of unbranched alkanes of at least 4 members (excludes halogenated alkanes) is 1. The van der Waals surface area contributed by atoms with Gasteiger partial charge in [0.05, 0.1) is 17.7 Å². The second-order valence-electron chi connectivity index (χ2n) is 5.86. The molecule has 9 heteroatoms. The molecule has 0 atom stereocenters. The monoisotopic (exact) mass is 438 g/mol. The number of ether oxygens (including phenoxy) is 2. The van der Waals surface area contributed by atoms with Crippen molar-refractivity contribution >= 4 is 45.6 Å². The molecule has 0 amide bonds. The Bertz CT molecular complexity index is 969. The summed E-state index contributed by atoms with van der Waals surface area (Å²) in [6.45, 7) is 2.12. The summed E-state index contributed by atoms with van der Waals surface area (Å²) in [5.74, 6) is -1.88. The lowest BCUT2D eigenvalue weighted by atomic mass is 10.1. The van der Waals surface area contributed by atoms with Crippen molar-refractivity contribution in [2.75, 3.05) is 6.61 Å². The number of hydrogen-bond acceptors (Lipinski definition) is 6. The molecule has 7 nitrogen and oxygen atoms in total. The van der Waals surface area contributed by atoms with E-state index in [1.165, 1.54) is 30.3 Å². The Morgan fingerprint density at radius 3 is 1.86 bits per heavy atom. The molecule has 0 saturated carbocycles. The fraction of sp³-hybridized carbons (Fsp3) is 0.200. The number of halogens is 2. The van der Waals surface area contributed by atoms with Crippen molar-refractivity contribution < 1.29 is 33.8 Å². The molecule has 2 rings (SSSR count). The van der Waals surface area contributed by atoms with E-state index in [9.17, 15) is 24.3 Å². The second-order valence-corrected chi connectivity index (χ2v) is 6.55. The maximum Gasteiger partial charge on any atom is 0.339 e. The Morgan fingerprint density at radius 2 is 1.38 bits per heavy atom. The molecule has 0 fully saturated rings. The van der Waals surface area contributed by atoms with Crippen LogP contribution in [0.2, 0.25) is 0 Å². The highest BCUT2D eigenvalue weighted by Gasteiger charge is 2.20. The van der Waals surface area contributed by atoms with Crippen LogP contribution >= 0.6 is 23.2 Å². The fourth-order valence-corrected chi connectivity index (χ4v) is 2.71. The molecule has 0 heterocycles. The lowest BCUT2D eigenvalue weighted by Gasteiger charge is -2.11. The summed E-state index contributed by atoms with van der Waals surface area (Å²) >= 11 is 10.9. The Kier molecular flexibility index (Phi) is 7.75. The van der Waals surface area contributed by atoms with E-state index in [2.05, 4.69) is 0 Å². The van der Waals surface area contributed by atoms with Crippen molar-refractivity contribution in [3.05, 3.63) is 58.7 Å². The Balaban J connectivity index is 2.36. The van der Waals surface area contributed by atoms with Gasteiger partial charge in [-0.1, -0.05) is 13.3 Å². The van der Waals surface area contributed by atoms with Crippen LogP contribution in [0.5, 0.6) is 11.5 Å². The molecule has 29 heavy (non-hydrogen) atoms. The van der Waals surface area contributed by atoms with Crippen molar-refractivity contribution in [2.45, 2.75) is 19.8 Å². The lowest BCUT2D eigenvalue weighted by Crippen LogP contribution is -2.11. The molecule has 0 spiro atoms. The molecule has 0 aromatic heterocycles. The van der Waals surface area contributed by atoms with Crippen LogP contribution in [0.25, 0.3) is 0 Å². The van der Waals surface area contributed by atoms with E-state index in [0.29, 0.717) is 6.42 Å². The normalized spacial score (nSPS) is 10.3. The van der Waals surface area contributed by atoms with Gasteiger partial charge in [-0.25, -0.2) is 9.59 Å². The number of benzene rings is 2. The van der Waals surface area contributed by atoms with E-state index in [0.717, 1.165) is 12.5 Å². The summed E-state index contributed by atoms with van der Waals surface area (Å²) in [6.07, 6.45) is 1.49. The van der Waals surface area contributed by atoms with Gasteiger partial charge in [0.15, 0.2) is 0 Å². The number of hydrogen-bond donors (Lipinski definition) is 1. The molecule has 152 valence electrons. The van der Waals surface area contributed by atoms with E-state index in [4.69, 9.17) is 32.7 Å². The third-order valence-corrected chi connectivity index (χ3v) is 4.23. The third-order valence-electron chi connectivity index (χ3n) is 3.82. The minimum absolute atomic E-state index is 0.0465. The number of carboxylic acid groups (broad SMARTS) is 1. The molecule has 1 N–H and O–H groups in total.